The van der Waals surface area contributed by atoms with E-state index < -0.39 is 0 Å². The van der Waals surface area contributed by atoms with E-state index in [1.807, 2.05) is 25.1 Å². The average molecular weight is 306 g/mol. The molecule has 19 heavy (non-hydrogen) atoms. The van der Waals surface area contributed by atoms with E-state index in [9.17, 15) is 4.79 Å². The number of halogens is 2. The lowest BCUT2D eigenvalue weighted by atomic mass is 10.0. The number of nitrogens with zero attached hydrogens (tertiary/aromatic N) is 1. The highest BCUT2D eigenvalue weighted by Crippen LogP contribution is 2.11. The lowest BCUT2D eigenvalue weighted by Gasteiger charge is -2.24. The van der Waals surface area contributed by atoms with Crippen LogP contribution in [0.3, 0.4) is 0 Å². The minimum Gasteiger partial charge on any atom is -0.347 e. The number of aromatic nitrogens is 1. The first-order valence-electron chi connectivity index (χ1n) is 6.22. The summed E-state index contributed by atoms with van der Waals surface area (Å²) in [7, 11) is 0. The van der Waals surface area contributed by atoms with Gasteiger partial charge in [0.1, 0.15) is 0 Å². The summed E-state index contributed by atoms with van der Waals surface area (Å²) in [4.78, 5) is 16.2. The van der Waals surface area contributed by atoms with Crippen molar-refractivity contribution in [3.8, 4) is 0 Å². The highest BCUT2D eigenvalue weighted by molar-refractivity contribution is 5.85. The molecule has 0 spiro atoms. The topological polar surface area (TPSA) is 54.0 Å². The SMILES string of the molecule is CC(NC(=O)[C@H]1CCCCN1)c1ccccn1.Cl.Cl. The van der Waals surface area contributed by atoms with Gasteiger partial charge < -0.3 is 10.6 Å². The highest BCUT2D eigenvalue weighted by atomic mass is 35.5. The van der Waals surface area contributed by atoms with Crippen LogP contribution in [-0.4, -0.2) is 23.5 Å². The molecule has 6 heteroatoms. The van der Waals surface area contributed by atoms with Gasteiger partial charge in [0.15, 0.2) is 0 Å². The molecule has 1 amide bonds. The van der Waals surface area contributed by atoms with Crippen LogP contribution < -0.4 is 10.6 Å². The first-order chi connectivity index (χ1) is 8.27. The molecule has 1 aliphatic rings. The molecule has 1 aromatic rings. The molecule has 4 nitrogen and oxygen atoms in total. The van der Waals surface area contributed by atoms with Gasteiger partial charge in [0, 0.05) is 6.20 Å². The van der Waals surface area contributed by atoms with Crippen molar-refractivity contribution in [3.05, 3.63) is 30.1 Å². The van der Waals surface area contributed by atoms with Gasteiger partial charge in [0.2, 0.25) is 5.91 Å². The van der Waals surface area contributed by atoms with Crippen LogP contribution in [0.2, 0.25) is 0 Å². The Labute approximate surface area is 126 Å². The molecule has 2 atom stereocenters. The second-order valence-corrected chi connectivity index (χ2v) is 4.49. The fraction of sp³-hybridized carbons (Fsp3) is 0.538. The summed E-state index contributed by atoms with van der Waals surface area (Å²) in [5, 5.41) is 6.25. The van der Waals surface area contributed by atoms with Crippen LogP contribution in [-0.2, 0) is 4.79 Å². The molecule has 1 unspecified atom stereocenters. The maximum Gasteiger partial charge on any atom is 0.237 e. The minimum atomic E-state index is -0.0348. The van der Waals surface area contributed by atoms with Gasteiger partial charge in [-0.2, -0.15) is 0 Å². The number of hydrogen-bond donors (Lipinski definition) is 2. The second kappa shape index (κ2) is 9.13. The van der Waals surface area contributed by atoms with E-state index >= 15 is 0 Å². The van der Waals surface area contributed by atoms with Crippen LogP contribution in [0.4, 0.5) is 0 Å². The molecule has 2 rings (SSSR count). The Morgan fingerprint density at radius 2 is 2.21 bits per heavy atom. The Morgan fingerprint density at radius 3 is 2.79 bits per heavy atom. The number of carbonyl (C=O) groups is 1. The lowest BCUT2D eigenvalue weighted by Crippen LogP contribution is -2.47. The molecular weight excluding hydrogens is 285 g/mol. The Morgan fingerprint density at radius 1 is 1.42 bits per heavy atom. The predicted octanol–water partition coefficient (Wildman–Crippen LogP) is 2.24. The van der Waals surface area contributed by atoms with Gasteiger partial charge in [0.25, 0.3) is 0 Å². The first-order valence-corrected chi connectivity index (χ1v) is 6.22. The average Bonchev–Trinajstić information content (AvgIpc) is 2.40. The molecule has 2 N–H and O–H groups in total. The summed E-state index contributed by atoms with van der Waals surface area (Å²) < 4.78 is 0. The zero-order chi connectivity index (χ0) is 12.1. The first kappa shape index (κ1) is 18.2. The van der Waals surface area contributed by atoms with Gasteiger partial charge in [-0.25, -0.2) is 0 Å². The third-order valence-corrected chi connectivity index (χ3v) is 3.12. The van der Waals surface area contributed by atoms with E-state index in [-0.39, 0.29) is 42.8 Å². The van der Waals surface area contributed by atoms with Crippen molar-refractivity contribution < 1.29 is 4.79 Å². The number of nitrogens with one attached hydrogen (secondary N) is 2. The monoisotopic (exact) mass is 305 g/mol. The molecule has 0 saturated carbocycles. The van der Waals surface area contributed by atoms with Crippen molar-refractivity contribution in [3.63, 3.8) is 0 Å². The molecule has 1 aromatic heterocycles. The van der Waals surface area contributed by atoms with Gasteiger partial charge >= 0.3 is 0 Å². The smallest absolute Gasteiger partial charge is 0.237 e. The number of rotatable bonds is 3. The number of hydrogen-bond acceptors (Lipinski definition) is 3. The third-order valence-electron chi connectivity index (χ3n) is 3.12. The quantitative estimate of drug-likeness (QED) is 0.900. The van der Waals surface area contributed by atoms with Crippen molar-refractivity contribution in [2.24, 2.45) is 0 Å². The molecule has 0 aliphatic carbocycles. The standard InChI is InChI=1S/C13H19N3O.2ClH/c1-10(11-6-2-4-8-14-11)16-13(17)12-7-3-5-9-15-12;;/h2,4,6,8,10,12,15H,3,5,7,9H2,1H3,(H,16,17);2*1H/t10?,12-;;/m1../s1. The summed E-state index contributed by atoms with van der Waals surface area (Å²) in [6.45, 7) is 2.90. The Balaban J connectivity index is 0.00000162. The Hall–Kier alpha value is -0.840. The number of pyridine rings is 1. The van der Waals surface area contributed by atoms with Gasteiger partial charge in [-0.15, -0.1) is 24.8 Å². The molecule has 0 bridgehead atoms. The van der Waals surface area contributed by atoms with Gasteiger partial charge in [0.05, 0.1) is 17.8 Å². The molecule has 0 aromatic carbocycles. The molecule has 1 fully saturated rings. The molecule has 1 aliphatic heterocycles. The van der Waals surface area contributed by atoms with Crippen molar-refractivity contribution in [2.45, 2.75) is 38.3 Å². The lowest BCUT2D eigenvalue weighted by molar-refractivity contribution is -0.124. The van der Waals surface area contributed by atoms with E-state index in [0.717, 1.165) is 25.1 Å². The summed E-state index contributed by atoms with van der Waals surface area (Å²) in [6.07, 6.45) is 4.97. The van der Waals surface area contributed by atoms with Crippen LogP contribution >= 0.6 is 24.8 Å². The fourth-order valence-electron chi connectivity index (χ4n) is 2.10. The van der Waals surface area contributed by atoms with Crippen LogP contribution in [0.25, 0.3) is 0 Å². The summed E-state index contributed by atoms with van der Waals surface area (Å²) in [5.41, 5.74) is 0.900. The molecule has 0 radical (unpaired) electrons. The van der Waals surface area contributed by atoms with Crippen LogP contribution in [0, 0.1) is 0 Å². The molecule has 2 heterocycles. The van der Waals surface area contributed by atoms with Crippen molar-refractivity contribution in [1.29, 1.82) is 0 Å². The molecule has 108 valence electrons. The van der Waals surface area contributed by atoms with E-state index in [4.69, 9.17) is 0 Å². The summed E-state index contributed by atoms with van der Waals surface area (Å²) in [5.74, 6) is 0.0860. The van der Waals surface area contributed by atoms with Gasteiger partial charge in [-0.05, 0) is 38.4 Å². The van der Waals surface area contributed by atoms with E-state index in [1.165, 1.54) is 6.42 Å². The van der Waals surface area contributed by atoms with Crippen molar-refractivity contribution >= 4 is 30.7 Å². The minimum absolute atomic E-state index is 0. The molecule has 1 saturated heterocycles. The number of piperidine rings is 1. The Bertz CT molecular complexity index is 369. The third kappa shape index (κ3) is 5.35. The van der Waals surface area contributed by atoms with E-state index in [1.54, 1.807) is 6.20 Å². The maximum atomic E-state index is 12.0. The van der Waals surface area contributed by atoms with Crippen molar-refractivity contribution in [2.75, 3.05) is 6.54 Å². The van der Waals surface area contributed by atoms with E-state index in [2.05, 4.69) is 15.6 Å². The maximum absolute atomic E-state index is 12.0. The zero-order valence-electron chi connectivity index (χ0n) is 11.0. The van der Waals surface area contributed by atoms with Crippen LogP contribution in [0.5, 0.6) is 0 Å². The summed E-state index contributed by atoms with van der Waals surface area (Å²) in [6, 6.07) is 5.67. The predicted molar refractivity (Wildman–Crippen MR) is 80.9 cm³/mol. The number of amides is 1. The normalized spacial score (nSPS) is 19.5. The largest absolute Gasteiger partial charge is 0.347 e. The van der Waals surface area contributed by atoms with Gasteiger partial charge in [-0.1, -0.05) is 12.5 Å². The van der Waals surface area contributed by atoms with Crippen LogP contribution in [0.15, 0.2) is 24.4 Å². The second-order valence-electron chi connectivity index (χ2n) is 4.49. The molecular formula is C13H21Cl2N3O. The van der Waals surface area contributed by atoms with Gasteiger partial charge in [-0.3, -0.25) is 9.78 Å². The summed E-state index contributed by atoms with van der Waals surface area (Å²) >= 11 is 0. The zero-order valence-corrected chi connectivity index (χ0v) is 12.6. The highest BCUT2D eigenvalue weighted by Gasteiger charge is 2.22. The Kier molecular flexibility index (Phi) is 8.72. The van der Waals surface area contributed by atoms with Crippen molar-refractivity contribution in [1.82, 2.24) is 15.6 Å². The fourth-order valence-corrected chi connectivity index (χ4v) is 2.10. The number of carbonyl (C=O) groups excluding carboxylic acids is 1. The van der Waals surface area contributed by atoms with Crippen LogP contribution in [0.1, 0.15) is 37.9 Å². The van der Waals surface area contributed by atoms with E-state index in [0.29, 0.717) is 0 Å².